The second kappa shape index (κ2) is 11.2. The second-order valence-electron chi connectivity index (χ2n) is 7.93. The SMILES string of the molecule is Cc1cccc(CN2CCN(C(=O)CCl)CC2)c1CC(NC(=O)CS(N)(=O)=O)C(C)O. The quantitative estimate of drug-likeness (QED) is 0.416. The van der Waals surface area contributed by atoms with Crippen molar-refractivity contribution in [2.24, 2.45) is 5.14 Å². The summed E-state index contributed by atoms with van der Waals surface area (Å²) in [5.74, 6) is -1.65. The lowest BCUT2D eigenvalue weighted by molar-refractivity contribution is -0.130. The number of nitrogens with zero attached hydrogens (tertiary/aromatic N) is 2. The lowest BCUT2D eigenvalue weighted by Crippen LogP contribution is -2.49. The lowest BCUT2D eigenvalue weighted by atomic mass is 9.93. The van der Waals surface area contributed by atoms with Crippen LogP contribution in [-0.4, -0.2) is 85.1 Å². The fraction of sp³-hybridized carbons (Fsp3) is 0.600. The first-order chi connectivity index (χ1) is 14.5. The first kappa shape index (κ1) is 25.5. The Labute approximate surface area is 188 Å². The molecule has 0 aromatic heterocycles. The molecule has 1 saturated heterocycles. The number of sulfonamides is 1. The molecule has 2 amide bonds. The molecule has 0 bridgehead atoms. The standard InChI is InChI=1S/C20H31ClN4O5S/c1-14-4-3-5-16(12-24-6-8-25(9-7-24)20(28)11-21)17(14)10-18(15(2)26)23-19(27)13-31(22,29)30/h3-5,15,18,26H,6-13H2,1-2H3,(H,23,27)(H2,22,29,30). The molecule has 1 aromatic carbocycles. The maximum atomic E-state index is 12.0. The van der Waals surface area contributed by atoms with Gasteiger partial charge in [0.2, 0.25) is 21.8 Å². The summed E-state index contributed by atoms with van der Waals surface area (Å²) in [6, 6.07) is 5.26. The normalized spacial score (nSPS) is 17.3. The molecule has 0 aliphatic carbocycles. The number of piperazine rings is 1. The van der Waals surface area contributed by atoms with Crippen molar-refractivity contribution in [3.63, 3.8) is 0 Å². The predicted octanol–water partition coefficient (Wildman–Crippen LogP) is -0.425. The Kier molecular flexibility index (Phi) is 9.26. The van der Waals surface area contributed by atoms with Crippen LogP contribution in [0.15, 0.2) is 18.2 Å². The van der Waals surface area contributed by atoms with Crippen molar-refractivity contribution < 1.29 is 23.1 Å². The van der Waals surface area contributed by atoms with E-state index in [1.165, 1.54) is 0 Å². The summed E-state index contributed by atoms with van der Waals surface area (Å²) in [5, 5.41) is 17.7. The van der Waals surface area contributed by atoms with E-state index in [-0.39, 0.29) is 11.8 Å². The molecular formula is C20H31ClN4O5S. The van der Waals surface area contributed by atoms with Crippen LogP contribution in [0.5, 0.6) is 0 Å². The van der Waals surface area contributed by atoms with Gasteiger partial charge in [-0.1, -0.05) is 18.2 Å². The van der Waals surface area contributed by atoms with E-state index in [9.17, 15) is 23.1 Å². The number of benzene rings is 1. The number of nitrogens with one attached hydrogen (secondary N) is 1. The molecule has 2 atom stereocenters. The number of primary sulfonamides is 1. The number of hydrogen-bond acceptors (Lipinski definition) is 6. The van der Waals surface area contributed by atoms with Crippen molar-refractivity contribution in [1.82, 2.24) is 15.1 Å². The Morgan fingerprint density at radius 2 is 1.90 bits per heavy atom. The molecule has 11 heteroatoms. The van der Waals surface area contributed by atoms with E-state index in [1.807, 2.05) is 25.1 Å². The molecule has 31 heavy (non-hydrogen) atoms. The van der Waals surface area contributed by atoms with E-state index in [2.05, 4.69) is 10.2 Å². The van der Waals surface area contributed by atoms with Gasteiger partial charge in [-0.25, -0.2) is 13.6 Å². The van der Waals surface area contributed by atoms with Gasteiger partial charge < -0.3 is 15.3 Å². The minimum Gasteiger partial charge on any atom is -0.391 e. The molecule has 0 spiro atoms. The zero-order chi connectivity index (χ0) is 23.2. The number of halogens is 1. The Hall–Kier alpha value is -1.72. The average Bonchev–Trinajstić information content (AvgIpc) is 2.68. The largest absolute Gasteiger partial charge is 0.391 e. The topological polar surface area (TPSA) is 133 Å². The molecule has 1 aliphatic rings. The smallest absolute Gasteiger partial charge is 0.237 e. The van der Waals surface area contributed by atoms with Crippen LogP contribution in [0.4, 0.5) is 0 Å². The van der Waals surface area contributed by atoms with E-state index in [1.54, 1.807) is 11.8 Å². The average molecular weight is 475 g/mol. The summed E-state index contributed by atoms with van der Waals surface area (Å²) in [7, 11) is -3.95. The van der Waals surface area contributed by atoms with Crippen molar-refractivity contribution in [2.45, 2.75) is 39.0 Å². The molecule has 2 unspecified atom stereocenters. The summed E-state index contributed by atoms with van der Waals surface area (Å²) < 4.78 is 22.4. The Morgan fingerprint density at radius 1 is 1.26 bits per heavy atom. The number of amides is 2. The summed E-state index contributed by atoms with van der Waals surface area (Å²) >= 11 is 5.64. The highest BCUT2D eigenvalue weighted by atomic mass is 35.5. The number of rotatable bonds is 9. The number of hydrogen-bond donors (Lipinski definition) is 3. The minimum absolute atomic E-state index is 0.0140. The molecule has 1 aliphatic heterocycles. The summed E-state index contributed by atoms with van der Waals surface area (Å²) in [4.78, 5) is 27.8. The number of alkyl halides is 1. The first-order valence-electron chi connectivity index (χ1n) is 10.1. The number of aliphatic hydroxyl groups excluding tert-OH is 1. The lowest BCUT2D eigenvalue weighted by Gasteiger charge is -2.35. The van der Waals surface area contributed by atoms with Gasteiger partial charge in [0, 0.05) is 32.7 Å². The third-order valence-electron chi connectivity index (χ3n) is 5.43. The van der Waals surface area contributed by atoms with E-state index in [0.29, 0.717) is 26.1 Å². The maximum Gasteiger partial charge on any atom is 0.237 e. The van der Waals surface area contributed by atoms with Gasteiger partial charge in [-0.3, -0.25) is 14.5 Å². The van der Waals surface area contributed by atoms with Crippen molar-refractivity contribution >= 4 is 33.4 Å². The van der Waals surface area contributed by atoms with Crippen LogP contribution in [0.25, 0.3) is 0 Å². The van der Waals surface area contributed by atoms with E-state index >= 15 is 0 Å². The van der Waals surface area contributed by atoms with Crippen LogP contribution in [0.2, 0.25) is 0 Å². The zero-order valence-corrected chi connectivity index (χ0v) is 19.5. The molecule has 2 rings (SSSR count). The number of carbonyl (C=O) groups is 2. The molecule has 4 N–H and O–H groups in total. The van der Waals surface area contributed by atoms with Crippen molar-refractivity contribution in [1.29, 1.82) is 0 Å². The molecule has 0 radical (unpaired) electrons. The summed E-state index contributed by atoms with van der Waals surface area (Å²) in [6.45, 7) is 6.85. The van der Waals surface area contributed by atoms with Gasteiger partial charge in [-0.15, -0.1) is 11.6 Å². The first-order valence-corrected chi connectivity index (χ1v) is 12.4. The summed E-state index contributed by atoms with van der Waals surface area (Å²) in [5.41, 5.74) is 3.06. The highest BCUT2D eigenvalue weighted by Crippen LogP contribution is 2.20. The third kappa shape index (κ3) is 8.04. The number of carbonyl (C=O) groups excluding carboxylic acids is 2. The van der Waals surface area contributed by atoms with Gasteiger partial charge in [0.25, 0.3) is 0 Å². The van der Waals surface area contributed by atoms with Crippen molar-refractivity contribution in [3.05, 3.63) is 34.9 Å². The monoisotopic (exact) mass is 474 g/mol. The molecule has 1 fully saturated rings. The van der Waals surface area contributed by atoms with E-state index in [4.69, 9.17) is 16.7 Å². The molecule has 174 valence electrons. The van der Waals surface area contributed by atoms with Crippen LogP contribution in [0, 0.1) is 6.92 Å². The van der Waals surface area contributed by atoms with Gasteiger partial charge in [-0.2, -0.15) is 0 Å². The Morgan fingerprint density at radius 3 is 2.45 bits per heavy atom. The molecule has 1 aromatic rings. The molecule has 0 saturated carbocycles. The second-order valence-corrected chi connectivity index (χ2v) is 9.81. The predicted molar refractivity (Wildman–Crippen MR) is 119 cm³/mol. The van der Waals surface area contributed by atoms with Crippen LogP contribution in [-0.2, 0) is 32.6 Å². The maximum absolute atomic E-state index is 12.0. The van der Waals surface area contributed by atoms with Gasteiger partial charge >= 0.3 is 0 Å². The third-order valence-corrected chi connectivity index (χ3v) is 6.32. The zero-order valence-electron chi connectivity index (χ0n) is 17.9. The minimum atomic E-state index is -3.95. The van der Waals surface area contributed by atoms with Crippen LogP contribution in [0.1, 0.15) is 23.6 Å². The highest BCUT2D eigenvalue weighted by molar-refractivity contribution is 7.89. The number of nitrogens with two attached hydrogens (primary N) is 1. The van der Waals surface area contributed by atoms with Crippen LogP contribution >= 0.6 is 11.6 Å². The number of aryl methyl sites for hydroxylation is 1. The number of aliphatic hydroxyl groups is 1. The molecule has 9 nitrogen and oxygen atoms in total. The van der Waals surface area contributed by atoms with Crippen LogP contribution < -0.4 is 10.5 Å². The fourth-order valence-corrected chi connectivity index (χ4v) is 4.30. The Bertz CT molecular complexity index is 886. The van der Waals surface area contributed by atoms with Crippen LogP contribution in [0.3, 0.4) is 0 Å². The Balaban J connectivity index is 2.10. The highest BCUT2D eigenvalue weighted by Gasteiger charge is 2.24. The van der Waals surface area contributed by atoms with Gasteiger partial charge in [0.05, 0.1) is 12.1 Å². The van der Waals surface area contributed by atoms with E-state index in [0.717, 1.165) is 29.8 Å². The summed E-state index contributed by atoms with van der Waals surface area (Å²) in [6.07, 6.45) is -0.539. The molecular weight excluding hydrogens is 444 g/mol. The van der Waals surface area contributed by atoms with Gasteiger partial charge in [0.1, 0.15) is 11.6 Å². The molecule has 1 heterocycles. The van der Waals surface area contributed by atoms with E-state index < -0.39 is 33.8 Å². The fourth-order valence-electron chi connectivity index (χ4n) is 3.68. The van der Waals surface area contributed by atoms with Crippen molar-refractivity contribution in [3.8, 4) is 0 Å². The van der Waals surface area contributed by atoms with Gasteiger partial charge in [-0.05, 0) is 37.0 Å². The van der Waals surface area contributed by atoms with Gasteiger partial charge in [0.15, 0.2) is 0 Å². The van der Waals surface area contributed by atoms with Crippen molar-refractivity contribution in [2.75, 3.05) is 37.8 Å².